The van der Waals surface area contributed by atoms with Gasteiger partial charge in [0.2, 0.25) is 11.8 Å². The smallest absolute Gasteiger partial charge is 0.248 e. The second-order valence-corrected chi connectivity index (χ2v) is 5.48. The molecule has 19 heavy (non-hydrogen) atoms. The van der Waals surface area contributed by atoms with Crippen molar-refractivity contribution in [1.29, 1.82) is 0 Å². The van der Waals surface area contributed by atoms with Crippen LogP contribution in [-0.2, 0) is 4.79 Å². The first-order valence-corrected chi connectivity index (χ1v) is 6.61. The monoisotopic (exact) mass is 271 g/mol. The number of halogens is 2. The Morgan fingerprint density at radius 3 is 2.63 bits per heavy atom. The Kier molecular flexibility index (Phi) is 3.87. The van der Waals surface area contributed by atoms with Crippen LogP contribution in [0, 0.1) is 5.92 Å². The van der Waals surface area contributed by atoms with Gasteiger partial charge in [-0.1, -0.05) is 13.8 Å². The van der Waals surface area contributed by atoms with Gasteiger partial charge in [-0.05, 0) is 18.8 Å². The molecule has 0 aromatic carbocycles. The van der Waals surface area contributed by atoms with Crippen molar-refractivity contribution in [3.8, 4) is 0 Å². The first-order valence-electron chi connectivity index (χ1n) is 6.61. The van der Waals surface area contributed by atoms with Gasteiger partial charge < -0.3 is 5.32 Å². The van der Waals surface area contributed by atoms with Crippen LogP contribution in [0.3, 0.4) is 0 Å². The first kappa shape index (κ1) is 14.0. The molecule has 1 aromatic heterocycles. The summed E-state index contributed by atoms with van der Waals surface area (Å²) in [6.45, 7) is 4.03. The summed E-state index contributed by atoms with van der Waals surface area (Å²) < 4.78 is 26.0. The van der Waals surface area contributed by atoms with Crippen LogP contribution in [0.25, 0.3) is 0 Å². The van der Waals surface area contributed by atoms with E-state index in [-0.39, 0.29) is 37.5 Å². The van der Waals surface area contributed by atoms with E-state index in [2.05, 4.69) is 15.5 Å². The molecule has 0 atom stereocenters. The van der Waals surface area contributed by atoms with Crippen molar-refractivity contribution in [3.05, 3.63) is 11.8 Å². The number of carbonyl (C=O) groups excluding carboxylic acids is 1. The minimum atomic E-state index is -2.60. The predicted molar refractivity (Wildman–Crippen MR) is 68.2 cm³/mol. The minimum Gasteiger partial charge on any atom is -0.309 e. The second kappa shape index (κ2) is 5.27. The lowest BCUT2D eigenvalue weighted by Crippen LogP contribution is -2.31. The van der Waals surface area contributed by atoms with Gasteiger partial charge in [-0.3, -0.25) is 9.89 Å². The Hall–Kier alpha value is -1.46. The number of carbonyl (C=O) groups is 1. The average molecular weight is 271 g/mol. The fourth-order valence-corrected chi connectivity index (χ4v) is 2.23. The maximum Gasteiger partial charge on any atom is 0.248 e. The van der Waals surface area contributed by atoms with Gasteiger partial charge in [-0.25, -0.2) is 8.78 Å². The number of rotatable bonds is 3. The minimum absolute atomic E-state index is 0.205. The zero-order chi connectivity index (χ0) is 14.0. The molecule has 1 amide bonds. The topological polar surface area (TPSA) is 57.8 Å². The summed E-state index contributed by atoms with van der Waals surface area (Å²) in [5, 5.41) is 9.53. The molecule has 0 saturated heterocycles. The van der Waals surface area contributed by atoms with Crippen molar-refractivity contribution in [2.75, 3.05) is 5.32 Å². The summed E-state index contributed by atoms with van der Waals surface area (Å²) in [6.07, 6.45) is 0.0619. The van der Waals surface area contributed by atoms with Crippen molar-refractivity contribution < 1.29 is 13.6 Å². The fraction of sp³-hybridized carbons (Fsp3) is 0.692. The second-order valence-electron chi connectivity index (χ2n) is 5.48. The molecule has 106 valence electrons. The maximum absolute atomic E-state index is 13.0. The van der Waals surface area contributed by atoms with E-state index in [0.29, 0.717) is 11.7 Å². The summed E-state index contributed by atoms with van der Waals surface area (Å²) in [6, 6.07) is 1.78. The van der Waals surface area contributed by atoms with Gasteiger partial charge in [0, 0.05) is 30.5 Å². The predicted octanol–water partition coefficient (Wildman–Crippen LogP) is 3.30. The molecular formula is C13H19F2N3O. The zero-order valence-corrected chi connectivity index (χ0v) is 11.2. The summed E-state index contributed by atoms with van der Waals surface area (Å²) in [5.74, 6) is -2.39. The molecule has 1 fully saturated rings. The van der Waals surface area contributed by atoms with E-state index in [1.807, 2.05) is 13.8 Å². The number of hydrogen-bond acceptors (Lipinski definition) is 2. The van der Waals surface area contributed by atoms with Gasteiger partial charge in [0.25, 0.3) is 0 Å². The third-order valence-electron chi connectivity index (χ3n) is 3.56. The number of nitrogens with one attached hydrogen (secondary N) is 2. The molecule has 4 nitrogen and oxygen atoms in total. The highest BCUT2D eigenvalue weighted by Gasteiger charge is 2.37. The Bertz CT molecular complexity index is 446. The van der Waals surface area contributed by atoms with E-state index in [4.69, 9.17) is 0 Å². The van der Waals surface area contributed by atoms with Crippen LogP contribution in [0.4, 0.5) is 14.6 Å². The standard InChI is InChI=1S/C13H19F2N3O/c1-8(2)10-7-11(18-17-10)16-12(19)9-3-5-13(14,15)6-4-9/h7-9H,3-6H2,1-2H3,(H2,16,17,18,19). The first-order chi connectivity index (χ1) is 8.87. The van der Waals surface area contributed by atoms with Gasteiger partial charge >= 0.3 is 0 Å². The molecule has 1 saturated carbocycles. The zero-order valence-electron chi connectivity index (χ0n) is 11.2. The van der Waals surface area contributed by atoms with Crippen molar-refractivity contribution >= 4 is 11.7 Å². The normalized spacial score (nSPS) is 19.6. The van der Waals surface area contributed by atoms with Crippen LogP contribution in [-0.4, -0.2) is 22.0 Å². The van der Waals surface area contributed by atoms with Gasteiger partial charge in [0.15, 0.2) is 5.82 Å². The van der Waals surface area contributed by atoms with Crippen molar-refractivity contribution in [2.45, 2.75) is 51.4 Å². The number of alkyl halides is 2. The molecule has 6 heteroatoms. The highest BCUT2D eigenvalue weighted by Crippen LogP contribution is 2.36. The number of H-pyrrole nitrogens is 1. The number of hydrogen-bond donors (Lipinski definition) is 2. The van der Waals surface area contributed by atoms with Crippen molar-refractivity contribution in [2.24, 2.45) is 5.92 Å². The summed E-state index contributed by atoms with van der Waals surface area (Å²) in [7, 11) is 0. The summed E-state index contributed by atoms with van der Waals surface area (Å²) in [4.78, 5) is 11.9. The molecule has 0 unspecified atom stereocenters. The molecular weight excluding hydrogens is 252 g/mol. The van der Waals surface area contributed by atoms with E-state index in [1.165, 1.54) is 0 Å². The van der Waals surface area contributed by atoms with E-state index in [9.17, 15) is 13.6 Å². The van der Waals surface area contributed by atoms with Crippen molar-refractivity contribution in [1.82, 2.24) is 10.2 Å². The lowest BCUT2D eigenvalue weighted by atomic mass is 9.86. The molecule has 0 spiro atoms. The molecule has 1 aromatic rings. The molecule has 1 heterocycles. The average Bonchev–Trinajstić information content (AvgIpc) is 2.77. The summed E-state index contributed by atoms with van der Waals surface area (Å²) >= 11 is 0. The maximum atomic E-state index is 13.0. The number of amides is 1. The van der Waals surface area contributed by atoms with Crippen LogP contribution in [0.1, 0.15) is 51.1 Å². The quantitative estimate of drug-likeness (QED) is 0.886. The van der Waals surface area contributed by atoms with E-state index >= 15 is 0 Å². The van der Waals surface area contributed by atoms with E-state index in [0.717, 1.165) is 5.69 Å². The largest absolute Gasteiger partial charge is 0.309 e. The van der Waals surface area contributed by atoms with Gasteiger partial charge in [0.1, 0.15) is 0 Å². The van der Waals surface area contributed by atoms with Gasteiger partial charge in [-0.15, -0.1) is 0 Å². The Balaban J connectivity index is 1.90. The molecule has 0 radical (unpaired) electrons. The van der Waals surface area contributed by atoms with Crippen LogP contribution in [0.15, 0.2) is 6.07 Å². The Morgan fingerprint density at radius 1 is 1.47 bits per heavy atom. The number of anilines is 1. The van der Waals surface area contributed by atoms with Crippen LogP contribution in [0.2, 0.25) is 0 Å². The number of aromatic nitrogens is 2. The SMILES string of the molecule is CC(C)c1cc(NC(=O)C2CCC(F)(F)CC2)n[nH]1. The van der Waals surface area contributed by atoms with Crippen molar-refractivity contribution in [3.63, 3.8) is 0 Å². The molecule has 1 aliphatic rings. The number of nitrogens with zero attached hydrogens (tertiary/aromatic N) is 1. The highest BCUT2D eigenvalue weighted by atomic mass is 19.3. The van der Waals surface area contributed by atoms with Gasteiger partial charge in [-0.2, -0.15) is 5.10 Å². The van der Waals surface area contributed by atoms with Crippen LogP contribution in [0.5, 0.6) is 0 Å². The molecule has 0 bridgehead atoms. The van der Waals surface area contributed by atoms with Crippen LogP contribution < -0.4 is 5.32 Å². The van der Waals surface area contributed by atoms with E-state index < -0.39 is 5.92 Å². The Labute approximate surface area is 111 Å². The van der Waals surface area contributed by atoms with Crippen LogP contribution >= 0.6 is 0 Å². The fourth-order valence-electron chi connectivity index (χ4n) is 2.23. The molecule has 0 aliphatic heterocycles. The lowest BCUT2D eigenvalue weighted by Gasteiger charge is -2.27. The molecule has 2 rings (SSSR count). The Morgan fingerprint density at radius 2 is 2.11 bits per heavy atom. The molecule has 2 N–H and O–H groups in total. The lowest BCUT2D eigenvalue weighted by molar-refractivity contribution is -0.124. The summed E-state index contributed by atoms with van der Waals surface area (Å²) in [5.41, 5.74) is 0.936. The van der Waals surface area contributed by atoms with E-state index in [1.54, 1.807) is 6.07 Å². The molecule has 1 aliphatic carbocycles. The highest BCUT2D eigenvalue weighted by molar-refractivity contribution is 5.91. The number of aromatic amines is 1. The third-order valence-corrected chi connectivity index (χ3v) is 3.56. The van der Waals surface area contributed by atoms with Gasteiger partial charge in [0.05, 0.1) is 0 Å². The third kappa shape index (κ3) is 3.52.